The Kier molecular flexibility index (Phi) is 3.71. The van der Waals surface area contributed by atoms with Crippen LogP contribution < -0.4 is 5.32 Å². The summed E-state index contributed by atoms with van der Waals surface area (Å²) in [5.41, 5.74) is 3.00. The van der Waals surface area contributed by atoms with Gasteiger partial charge in [-0.05, 0) is 35.9 Å². The number of rotatable bonds is 4. The minimum atomic E-state index is 0.777. The van der Waals surface area contributed by atoms with Crippen molar-refractivity contribution in [2.24, 2.45) is 0 Å². The summed E-state index contributed by atoms with van der Waals surface area (Å²) >= 11 is 0. The normalized spacial score (nSPS) is 10.4. The van der Waals surface area contributed by atoms with Crippen molar-refractivity contribution in [2.45, 2.75) is 0 Å². The Morgan fingerprint density at radius 1 is 0.882 bits per heavy atom. The van der Waals surface area contributed by atoms with E-state index in [0.717, 1.165) is 23.2 Å². The zero-order chi connectivity index (χ0) is 11.9. The highest BCUT2D eigenvalue weighted by molar-refractivity contribution is 5.79. The number of hydrogen-bond acceptors (Lipinski definition) is 2. The van der Waals surface area contributed by atoms with Crippen molar-refractivity contribution < 1.29 is 4.79 Å². The van der Waals surface area contributed by atoms with Gasteiger partial charge in [-0.2, -0.15) is 0 Å². The van der Waals surface area contributed by atoms with Gasteiger partial charge in [0.05, 0.1) is 0 Å². The maximum atomic E-state index is 10.3. The molecule has 2 aromatic carbocycles. The lowest BCUT2D eigenvalue weighted by atomic mass is 10.1. The largest absolute Gasteiger partial charge is 0.355 e. The smallest absolute Gasteiger partial charge is 0.142 e. The van der Waals surface area contributed by atoms with E-state index in [9.17, 15) is 4.79 Å². The van der Waals surface area contributed by atoms with Crippen LogP contribution in [0.25, 0.3) is 6.08 Å². The quantitative estimate of drug-likeness (QED) is 0.633. The lowest BCUT2D eigenvalue weighted by Gasteiger charge is -2.09. The highest BCUT2D eigenvalue weighted by Crippen LogP contribution is 2.21. The van der Waals surface area contributed by atoms with Gasteiger partial charge in [-0.3, -0.25) is 4.79 Å². The molecule has 2 rings (SSSR count). The molecule has 17 heavy (non-hydrogen) atoms. The summed E-state index contributed by atoms with van der Waals surface area (Å²) in [5, 5.41) is 3.31. The molecule has 2 nitrogen and oxygen atoms in total. The minimum Gasteiger partial charge on any atom is -0.355 e. The van der Waals surface area contributed by atoms with Gasteiger partial charge < -0.3 is 5.32 Å². The Morgan fingerprint density at radius 3 is 2.35 bits per heavy atom. The molecule has 0 heterocycles. The summed E-state index contributed by atoms with van der Waals surface area (Å²) in [6.45, 7) is 0. The van der Waals surface area contributed by atoms with Gasteiger partial charge in [-0.25, -0.2) is 0 Å². The van der Waals surface area contributed by atoms with Crippen molar-refractivity contribution in [3.8, 4) is 0 Å². The average molecular weight is 223 g/mol. The van der Waals surface area contributed by atoms with Crippen molar-refractivity contribution in [1.82, 2.24) is 0 Å². The highest BCUT2D eigenvalue weighted by atomic mass is 16.1. The predicted octanol–water partition coefficient (Wildman–Crippen LogP) is 3.64. The summed E-state index contributed by atoms with van der Waals surface area (Å²) in [6.07, 6.45) is 4.06. The second-order valence-corrected chi connectivity index (χ2v) is 3.57. The van der Waals surface area contributed by atoms with Crippen molar-refractivity contribution in [1.29, 1.82) is 0 Å². The van der Waals surface area contributed by atoms with Gasteiger partial charge in [0.25, 0.3) is 0 Å². The third-order valence-corrected chi connectivity index (χ3v) is 2.37. The summed E-state index contributed by atoms with van der Waals surface area (Å²) in [5.74, 6) is 0. The van der Waals surface area contributed by atoms with Crippen LogP contribution in [0.4, 0.5) is 11.4 Å². The Balaban J connectivity index is 2.26. The van der Waals surface area contributed by atoms with E-state index in [-0.39, 0.29) is 0 Å². The van der Waals surface area contributed by atoms with Crippen LogP contribution in [0.3, 0.4) is 0 Å². The molecule has 0 unspecified atom stereocenters. The Hall–Kier alpha value is -2.35. The van der Waals surface area contributed by atoms with Gasteiger partial charge in [-0.1, -0.05) is 36.4 Å². The average Bonchev–Trinajstić information content (AvgIpc) is 2.39. The number of para-hydroxylation sites is 2. The number of nitrogens with one attached hydrogen (secondary N) is 1. The van der Waals surface area contributed by atoms with Crippen LogP contribution in [0, 0.1) is 0 Å². The SMILES string of the molecule is O=CC=Cc1ccccc1Nc1ccccc1. The molecule has 0 fully saturated rings. The summed E-state index contributed by atoms with van der Waals surface area (Å²) < 4.78 is 0. The van der Waals surface area contributed by atoms with Crippen molar-refractivity contribution in [3.05, 3.63) is 66.2 Å². The maximum absolute atomic E-state index is 10.3. The topological polar surface area (TPSA) is 29.1 Å². The molecular weight excluding hydrogens is 210 g/mol. The minimum absolute atomic E-state index is 0.777. The molecule has 2 heteroatoms. The van der Waals surface area contributed by atoms with Gasteiger partial charge in [0.1, 0.15) is 6.29 Å². The van der Waals surface area contributed by atoms with Crippen LogP contribution in [0.15, 0.2) is 60.7 Å². The first kappa shape index (κ1) is 11.1. The van der Waals surface area contributed by atoms with Crippen LogP contribution >= 0.6 is 0 Å². The molecule has 0 amide bonds. The third-order valence-electron chi connectivity index (χ3n) is 2.37. The molecule has 0 bridgehead atoms. The van der Waals surface area contributed by atoms with E-state index in [1.807, 2.05) is 54.6 Å². The van der Waals surface area contributed by atoms with Gasteiger partial charge in [0.15, 0.2) is 0 Å². The van der Waals surface area contributed by atoms with Gasteiger partial charge in [0.2, 0.25) is 0 Å². The van der Waals surface area contributed by atoms with Crippen LogP contribution in [-0.2, 0) is 4.79 Å². The van der Waals surface area contributed by atoms with Crippen LogP contribution in [0.5, 0.6) is 0 Å². The molecule has 0 saturated heterocycles. The van der Waals surface area contributed by atoms with Gasteiger partial charge in [0, 0.05) is 11.4 Å². The standard InChI is InChI=1S/C15H13NO/c17-12-6-8-13-7-4-5-11-15(13)16-14-9-2-1-3-10-14/h1-12,16H. The number of hydrogen-bond donors (Lipinski definition) is 1. The Labute approximate surface area is 101 Å². The van der Waals surface area contributed by atoms with E-state index in [0.29, 0.717) is 0 Å². The molecule has 0 aliphatic heterocycles. The highest BCUT2D eigenvalue weighted by Gasteiger charge is 1.98. The fourth-order valence-electron chi connectivity index (χ4n) is 1.58. The number of benzene rings is 2. The monoisotopic (exact) mass is 223 g/mol. The van der Waals surface area contributed by atoms with E-state index in [4.69, 9.17) is 0 Å². The molecular formula is C15H13NO. The zero-order valence-electron chi connectivity index (χ0n) is 9.34. The first-order valence-electron chi connectivity index (χ1n) is 5.43. The van der Waals surface area contributed by atoms with E-state index in [2.05, 4.69) is 5.32 Å². The van der Waals surface area contributed by atoms with E-state index < -0.39 is 0 Å². The first-order valence-corrected chi connectivity index (χ1v) is 5.43. The third kappa shape index (κ3) is 3.05. The van der Waals surface area contributed by atoms with Gasteiger partial charge in [-0.15, -0.1) is 0 Å². The van der Waals surface area contributed by atoms with Crippen molar-refractivity contribution in [3.63, 3.8) is 0 Å². The predicted molar refractivity (Wildman–Crippen MR) is 71.3 cm³/mol. The van der Waals surface area contributed by atoms with E-state index in [1.165, 1.54) is 6.08 Å². The molecule has 0 aliphatic carbocycles. The van der Waals surface area contributed by atoms with Crippen LogP contribution in [0.2, 0.25) is 0 Å². The lowest BCUT2D eigenvalue weighted by molar-refractivity contribution is -0.104. The summed E-state index contributed by atoms with van der Waals surface area (Å²) in [7, 11) is 0. The van der Waals surface area contributed by atoms with Crippen LogP contribution in [-0.4, -0.2) is 6.29 Å². The number of carbonyl (C=O) groups excluding carboxylic acids is 1. The van der Waals surface area contributed by atoms with Crippen molar-refractivity contribution >= 4 is 23.7 Å². The lowest BCUT2D eigenvalue weighted by Crippen LogP contribution is -1.92. The fourth-order valence-corrected chi connectivity index (χ4v) is 1.58. The molecule has 84 valence electrons. The fraction of sp³-hybridized carbons (Fsp3) is 0. The molecule has 1 N–H and O–H groups in total. The number of carbonyl (C=O) groups is 1. The Morgan fingerprint density at radius 2 is 1.59 bits per heavy atom. The second kappa shape index (κ2) is 5.66. The second-order valence-electron chi connectivity index (χ2n) is 3.57. The molecule has 0 aliphatic rings. The molecule has 0 saturated carbocycles. The first-order chi connectivity index (χ1) is 8.40. The number of anilines is 2. The molecule has 0 atom stereocenters. The zero-order valence-corrected chi connectivity index (χ0v) is 9.34. The number of allylic oxidation sites excluding steroid dienone is 1. The van der Waals surface area contributed by atoms with E-state index >= 15 is 0 Å². The molecule has 0 radical (unpaired) electrons. The molecule has 0 spiro atoms. The maximum Gasteiger partial charge on any atom is 0.142 e. The van der Waals surface area contributed by atoms with Gasteiger partial charge >= 0.3 is 0 Å². The summed E-state index contributed by atoms with van der Waals surface area (Å²) in [4.78, 5) is 10.3. The molecule has 0 aromatic heterocycles. The summed E-state index contributed by atoms with van der Waals surface area (Å²) in [6, 6.07) is 17.8. The number of aldehydes is 1. The Bertz CT molecular complexity index is 517. The molecule has 2 aromatic rings. The van der Waals surface area contributed by atoms with E-state index in [1.54, 1.807) is 6.08 Å². The van der Waals surface area contributed by atoms with Crippen LogP contribution in [0.1, 0.15) is 5.56 Å². The van der Waals surface area contributed by atoms with Crippen molar-refractivity contribution in [2.75, 3.05) is 5.32 Å².